The van der Waals surface area contributed by atoms with Gasteiger partial charge in [0.25, 0.3) is 0 Å². The van der Waals surface area contributed by atoms with Gasteiger partial charge in [-0.1, -0.05) is 18.5 Å². The molecule has 0 saturated carbocycles. The van der Waals surface area contributed by atoms with Crippen LogP contribution in [0.15, 0.2) is 18.2 Å². The Balaban J connectivity index is 1.61. The maximum atomic E-state index is 11.5. The van der Waals surface area contributed by atoms with Crippen molar-refractivity contribution in [2.45, 2.75) is 32.3 Å². The van der Waals surface area contributed by atoms with E-state index in [-0.39, 0.29) is 6.10 Å². The second-order valence-electron chi connectivity index (χ2n) is 6.12. The number of carboxylic acid groups (broad SMARTS) is 1. The lowest BCUT2D eigenvalue weighted by molar-refractivity contribution is -0.148. The molecule has 1 N–H and O–H groups in total. The van der Waals surface area contributed by atoms with E-state index in [1.807, 2.05) is 25.1 Å². The first-order valence-electron chi connectivity index (χ1n) is 7.43. The van der Waals surface area contributed by atoms with E-state index in [2.05, 4.69) is 4.90 Å². The monoisotopic (exact) mass is 309 g/mol. The van der Waals surface area contributed by atoms with E-state index in [0.717, 1.165) is 42.3 Å². The van der Waals surface area contributed by atoms with Crippen molar-refractivity contribution >= 4 is 17.6 Å². The van der Waals surface area contributed by atoms with Gasteiger partial charge in [-0.15, -0.1) is 0 Å². The fourth-order valence-electron chi connectivity index (χ4n) is 3.41. The molecule has 0 spiro atoms. The highest BCUT2D eigenvalue weighted by molar-refractivity contribution is 6.30. The molecular weight excluding hydrogens is 290 g/mol. The molecule has 1 saturated heterocycles. The smallest absolute Gasteiger partial charge is 0.310 e. The summed E-state index contributed by atoms with van der Waals surface area (Å²) in [7, 11) is 0. The zero-order valence-corrected chi connectivity index (χ0v) is 12.9. The van der Waals surface area contributed by atoms with Crippen molar-refractivity contribution in [2.24, 2.45) is 5.41 Å². The van der Waals surface area contributed by atoms with E-state index in [9.17, 15) is 9.90 Å². The summed E-state index contributed by atoms with van der Waals surface area (Å²) >= 11 is 6.00. The van der Waals surface area contributed by atoms with Crippen molar-refractivity contribution in [2.75, 3.05) is 19.6 Å². The predicted molar refractivity (Wildman–Crippen MR) is 81.0 cm³/mol. The van der Waals surface area contributed by atoms with Crippen LogP contribution in [0.1, 0.15) is 25.3 Å². The first-order valence-corrected chi connectivity index (χ1v) is 7.81. The Morgan fingerprint density at radius 1 is 1.57 bits per heavy atom. The SMILES string of the molecule is CCC1(C(=O)O)CCN(CC2Cc3cc(Cl)ccc3O2)C1. The Morgan fingerprint density at radius 2 is 2.38 bits per heavy atom. The standard InChI is InChI=1S/C16H20ClNO3/c1-2-16(15(19)20)5-6-18(10-16)9-13-8-11-7-12(17)3-4-14(11)21-13/h3-4,7,13H,2,5-6,8-10H2,1H3,(H,19,20). The zero-order valence-electron chi connectivity index (χ0n) is 12.1. The number of hydrogen-bond acceptors (Lipinski definition) is 3. The van der Waals surface area contributed by atoms with E-state index in [1.54, 1.807) is 0 Å². The Hall–Kier alpha value is -1.26. The van der Waals surface area contributed by atoms with Gasteiger partial charge in [-0.05, 0) is 43.1 Å². The molecule has 0 aromatic heterocycles. The van der Waals surface area contributed by atoms with E-state index < -0.39 is 11.4 Å². The molecule has 0 bridgehead atoms. The van der Waals surface area contributed by atoms with Crippen LogP contribution in [0.25, 0.3) is 0 Å². The number of hydrogen-bond donors (Lipinski definition) is 1. The van der Waals surface area contributed by atoms with Gasteiger partial charge in [0.2, 0.25) is 0 Å². The molecule has 0 amide bonds. The van der Waals surface area contributed by atoms with Gasteiger partial charge in [0.15, 0.2) is 0 Å². The van der Waals surface area contributed by atoms with Crippen LogP contribution in [0.4, 0.5) is 0 Å². The molecule has 2 heterocycles. The van der Waals surface area contributed by atoms with E-state index in [4.69, 9.17) is 16.3 Å². The average molecular weight is 310 g/mol. The second-order valence-corrected chi connectivity index (χ2v) is 6.56. The van der Waals surface area contributed by atoms with Gasteiger partial charge in [0.1, 0.15) is 11.9 Å². The van der Waals surface area contributed by atoms with Crippen LogP contribution in [0.2, 0.25) is 5.02 Å². The summed E-state index contributed by atoms with van der Waals surface area (Å²) in [4.78, 5) is 13.7. The van der Waals surface area contributed by atoms with Crippen molar-refractivity contribution < 1.29 is 14.6 Å². The van der Waals surface area contributed by atoms with Crippen molar-refractivity contribution in [3.05, 3.63) is 28.8 Å². The van der Waals surface area contributed by atoms with Crippen molar-refractivity contribution in [1.29, 1.82) is 0 Å². The number of aliphatic carboxylic acids is 1. The highest BCUT2D eigenvalue weighted by atomic mass is 35.5. The van der Waals surface area contributed by atoms with Crippen LogP contribution < -0.4 is 4.74 Å². The molecule has 2 atom stereocenters. The Kier molecular flexibility index (Phi) is 3.84. The molecule has 2 aliphatic heterocycles. The minimum atomic E-state index is -0.671. The highest BCUT2D eigenvalue weighted by Gasteiger charge is 2.44. The third kappa shape index (κ3) is 2.74. The molecule has 1 aromatic rings. The van der Waals surface area contributed by atoms with Crippen LogP contribution in [-0.4, -0.2) is 41.7 Å². The van der Waals surface area contributed by atoms with E-state index in [0.29, 0.717) is 13.0 Å². The summed E-state index contributed by atoms with van der Waals surface area (Å²) in [5.41, 5.74) is 0.570. The van der Waals surface area contributed by atoms with Gasteiger partial charge in [-0.2, -0.15) is 0 Å². The Bertz CT molecular complexity index is 562. The summed E-state index contributed by atoms with van der Waals surface area (Å²) < 4.78 is 5.94. The summed E-state index contributed by atoms with van der Waals surface area (Å²) in [6.07, 6.45) is 2.35. The number of ether oxygens (including phenoxy) is 1. The Labute approximate surface area is 129 Å². The van der Waals surface area contributed by atoms with Crippen molar-refractivity contribution in [3.63, 3.8) is 0 Å². The number of carbonyl (C=O) groups is 1. The van der Waals surface area contributed by atoms with Crippen LogP contribution >= 0.6 is 11.6 Å². The molecule has 0 aliphatic carbocycles. The largest absolute Gasteiger partial charge is 0.488 e. The molecule has 0 radical (unpaired) electrons. The highest BCUT2D eigenvalue weighted by Crippen LogP contribution is 2.36. The molecule has 5 heteroatoms. The lowest BCUT2D eigenvalue weighted by atomic mass is 9.84. The minimum Gasteiger partial charge on any atom is -0.488 e. The fourth-order valence-corrected chi connectivity index (χ4v) is 3.60. The first-order chi connectivity index (χ1) is 10.0. The summed E-state index contributed by atoms with van der Waals surface area (Å²) in [5, 5.41) is 10.2. The second kappa shape index (κ2) is 5.50. The van der Waals surface area contributed by atoms with Gasteiger partial charge in [-0.3, -0.25) is 9.69 Å². The lowest BCUT2D eigenvalue weighted by Gasteiger charge is -2.24. The third-order valence-corrected chi connectivity index (χ3v) is 5.02. The van der Waals surface area contributed by atoms with Gasteiger partial charge in [0, 0.05) is 24.5 Å². The zero-order chi connectivity index (χ0) is 15.0. The fraction of sp³-hybridized carbons (Fsp3) is 0.562. The van der Waals surface area contributed by atoms with Gasteiger partial charge < -0.3 is 9.84 Å². The Morgan fingerprint density at radius 3 is 3.05 bits per heavy atom. The lowest BCUT2D eigenvalue weighted by Crippen LogP contribution is -2.38. The van der Waals surface area contributed by atoms with E-state index in [1.165, 1.54) is 0 Å². The molecule has 3 rings (SSSR count). The van der Waals surface area contributed by atoms with Crippen LogP contribution in [0, 0.1) is 5.41 Å². The molecule has 2 aliphatic rings. The first kappa shape index (κ1) is 14.7. The van der Waals surface area contributed by atoms with Crippen LogP contribution in [-0.2, 0) is 11.2 Å². The number of likely N-dealkylation sites (tertiary alicyclic amines) is 1. The molecule has 21 heavy (non-hydrogen) atoms. The normalized spacial score (nSPS) is 28.4. The maximum Gasteiger partial charge on any atom is 0.310 e. The molecule has 1 aromatic carbocycles. The quantitative estimate of drug-likeness (QED) is 0.929. The maximum absolute atomic E-state index is 11.5. The molecule has 4 nitrogen and oxygen atoms in total. The predicted octanol–water partition coefficient (Wildman–Crippen LogP) is 2.83. The number of rotatable bonds is 4. The van der Waals surface area contributed by atoms with Crippen molar-refractivity contribution in [3.8, 4) is 5.75 Å². The van der Waals surface area contributed by atoms with E-state index >= 15 is 0 Å². The number of benzene rings is 1. The molecule has 2 unspecified atom stereocenters. The summed E-state index contributed by atoms with van der Waals surface area (Å²) in [6.45, 7) is 4.19. The topological polar surface area (TPSA) is 49.8 Å². The molecule has 1 fully saturated rings. The number of fused-ring (bicyclic) bond motifs is 1. The summed E-state index contributed by atoms with van der Waals surface area (Å²) in [6, 6.07) is 5.70. The van der Waals surface area contributed by atoms with Crippen LogP contribution in [0.3, 0.4) is 0 Å². The third-order valence-electron chi connectivity index (χ3n) is 4.79. The van der Waals surface area contributed by atoms with Crippen LogP contribution in [0.5, 0.6) is 5.75 Å². The van der Waals surface area contributed by atoms with Gasteiger partial charge >= 0.3 is 5.97 Å². The van der Waals surface area contributed by atoms with Gasteiger partial charge in [0.05, 0.1) is 5.41 Å². The average Bonchev–Trinajstić information content (AvgIpc) is 3.03. The van der Waals surface area contributed by atoms with Crippen molar-refractivity contribution in [1.82, 2.24) is 4.90 Å². The molecular formula is C16H20ClNO3. The summed E-state index contributed by atoms with van der Waals surface area (Å²) in [5.74, 6) is 0.235. The van der Waals surface area contributed by atoms with Gasteiger partial charge in [-0.25, -0.2) is 0 Å². The number of halogens is 1. The number of nitrogens with zero attached hydrogens (tertiary/aromatic N) is 1. The minimum absolute atomic E-state index is 0.0971. The molecule has 114 valence electrons. The number of carboxylic acids is 1.